The molecule has 0 saturated carbocycles. The van der Waals surface area contributed by atoms with E-state index in [1.807, 2.05) is 0 Å². The average Bonchev–Trinajstić information content (AvgIpc) is 2.27. The Hall–Kier alpha value is -1.15. The highest BCUT2D eigenvalue weighted by Gasteiger charge is 2.12. The first-order valence-corrected chi connectivity index (χ1v) is 6.97. The quantitative estimate of drug-likeness (QED) is 0.844. The zero-order valence-electron chi connectivity index (χ0n) is 9.64. The SMILES string of the molecule is CCOCC(=O)Nc1ccc(S(N)(=O)=O)cc1Cl. The third-order valence-electron chi connectivity index (χ3n) is 1.98. The smallest absolute Gasteiger partial charge is 0.250 e. The number of halogens is 1. The Kier molecular flexibility index (Phi) is 5.09. The Morgan fingerprint density at radius 3 is 2.67 bits per heavy atom. The Bertz CT molecular complexity index is 545. The van der Waals surface area contributed by atoms with Crippen LogP contribution in [0.5, 0.6) is 0 Å². The van der Waals surface area contributed by atoms with Gasteiger partial charge in [-0.3, -0.25) is 4.79 Å². The molecule has 1 amide bonds. The van der Waals surface area contributed by atoms with Gasteiger partial charge in [0.25, 0.3) is 0 Å². The van der Waals surface area contributed by atoms with Gasteiger partial charge in [-0.1, -0.05) is 11.6 Å². The minimum atomic E-state index is -3.81. The molecule has 0 radical (unpaired) electrons. The van der Waals surface area contributed by atoms with Gasteiger partial charge in [0.05, 0.1) is 15.6 Å². The summed E-state index contributed by atoms with van der Waals surface area (Å²) < 4.78 is 27.1. The largest absolute Gasteiger partial charge is 0.372 e. The van der Waals surface area contributed by atoms with Gasteiger partial charge in [-0.25, -0.2) is 13.6 Å². The molecule has 3 N–H and O–H groups in total. The van der Waals surface area contributed by atoms with Gasteiger partial charge >= 0.3 is 0 Å². The van der Waals surface area contributed by atoms with Crippen LogP contribution in [0.2, 0.25) is 5.02 Å². The molecule has 0 spiro atoms. The lowest BCUT2D eigenvalue weighted by Crippen LogP contribution is -2.18. The fourth-order valence-electron chi connectivity index (χ4n) is 1.16. The minimum Gasteiger partial charge on any atom is -0.372 e. The van der Waals surface area contributed by atoms with Crippen molar-refractivity contribution >= 4 is 33.2 Å². The molecule has 0 atom stereocenters. The minimum absolute atomic E-state index is 0.0892. The van der Waals surface area contributed by atoms with E-state index < -0.39 is 10.0 Å². The zero-order chi connectivity index (χ0) is 13.8. The first-order chi connectivity index (χ1) is 8.34. The van der Waals surface area contributed by atoms with Crippen LogP contribution in [0.25, 0.3) is 0 Å². The molecule has 0 aliphatic carbocycles. The summed E-state index contributed by atoms with van der Waals surface area (Å²) in [4.78, 5) is 11.3. The van der Waals surface area contributed by atoms with Crippen LogP contribution in [0.15, 0.2) is 23.1 Å². The van der Waals surface area contributed by atoms with Crippen molar-refractivity contribution in [2.45, 2.75) is 11.8 Å². The van der Waals surface area contributed by atoms with Gasteiger partial charge in [-0.05, 0) is 25.1 Å². The predicted octanol–water partition coefficient (Wildman–Crippen LogP) is 0.962. The lowest BCUT2D eigenvalue weighted by Gasteiger charge is -2.08. The number of ether oxygens (including phenoxy) is 1. The number of nitrogens with two attached hydrogens (primary N) is 1. The van der Waals surface area contributed by atoms with Crippen molar-refractivity contribution in [2.75, 3.05) is 18.5 Å². The van der Waals surface area contributed by atoms with Crippen molar-refractivity contribution in [1.29, 1.82) is 0 Å². The van der Waals surface area contributed by atoms with Crippen molar-refractivity contribution in [1.82, 2.24) is 0 Å². The number of anilines is 1. The fourth-order valence-corrected chi connectivity index (χ4v) is 1.99. The first kappa shape index (κ1) is 14.9. The van der Waals surface area contributed by atoms with E-state index in [4.69, 9.17) is 21.5 Å². The van der Waals surface area contributed by atoms with Crippen molar-refractivity contribution in [2.24, 2.45) is 5.14 Å². The van der Waals surface area contributed by atoms with Crippen LogP contribution in [-0.4, -0.2) is 27.5 Å². The second-order valence-electron chi connectivity index (χ2n) is 3.37. The molecule has 0 aromatic heterocycles. The second kappa shape index (κ2) is 6.14. The van der Waals surface area contributed by atoms with E-state index in [2.05, 4.69) is 5.32 Å². The molecule has 6 nitrogen and oxygen atoms in total. The number of sulfonamides is 1. The maximum atomic E-state index is 11.4. The molecule has 1 rings (SSSR count). The first-order valence-electron chi connectivity index (χ1n) is 5.04. The predicted molar refractivity (Wildman–Crippen MR) is 67.9 cm³/mol. The second-order valence-corrected chi connectivity index (χ2v) is 5.34. The Morgan fingerprint density at radius 2 is 2.17 bits per heavy atom. The molecule has 0 heterocycles. The number of carbonyl (C=O) groups excluding carboxylic acids is 1. The standard InChI is InChI=1S/C10H13ClN2O4S/c1-2-17-6-10(14)13-9-4-3-7(5-8(9)11)18(12,15)16/h3-5H,2,6H2,1H3,(H,13,14)(H2,12,15,16). The van der Waals surface area contributed by atoms with Crippen LogP contribution in [0, 0.1) is 0 Å². The molecule has 0 bridgehead atoms. The van der Waals surface area contributed by atoms with Gasteiger partial charge < -0.3 is 10.1 Å². The van der Waals surface area contributed by atoms with Crippen molar-refractivity contribution in [3.8, 4) is 0 Å². The molecule has 18 heavy (non-hydrogen) atoms. The molecule has 1 aromatic carbocycles. The maximum absolute atomic E-state index is 11.4. The molecule has 0 aliphatic rings. The number of nitrogens with one attached hydrogen (secondary N) is 1. The number of rotatable bonds is 5. The van der Waals surface area contributed by atoms with Gasteiger partial charge in [0.1, 0.15) is 6.61 Å². The number of hydrogen-bond donors (Lipinski definition) is 2. The van der Waals surface area contributed by atoms with Crippen molar-refractivity contribution in [3.05, 3.63) is 23.2 Å². The number of benzene rings is 1. The molecule has 1 aromatic rings. The van der Waals surface area contributed by atoms with E-state index in [1.54, 1.807) is 6.92 Å². The summed E-state index contributed by atoms with van der Waals surface area (Å²) >= 11 is 5.84. The van der Waals surface area contributed by atoms with Crippen LogP contribution < -0.4 is 10.5 Å². The van der Waals surface area contributed by atoms with E-state index in [0.29, 0.717) is 12.3 Å². The zero-order valence-corrected chi connectivity index (χ0v) is 11.2. The number of hydrogen-bond acceptors (Lipinski definition) is 4. The van der Waals surface area contributed by atoms with Gasteiger partial charge in [-0.2, -0.15) is 0 Å². The fraction of sp³-hybridized carbons (Fsp3) is 0.300. The maximum Gasteiger partial charge on any atom is 0.250 e. The van der Waals surface area contributed by atoms with Crippen LogP contribution in [-0.2, 0) is 19.6 Å². The Balaban J connectivity index is 2.84. The Labute approximate surface area is 110 Å². The van der Waals surface area contributed by atoms with Gasteiger partial charge in [-0.15, -0.1) is 0 Å². The van der Waals surface area contributed by atoms with E-state index in [9.17, 15) is 13.2 Å². The van der Waals surface area contributed by atoms with Crippen LogP contribution in [0.3, 0.4) is 0 Å². The van der Waals surface area contributed by atoms with E-state index in [1.165, 1.54) is 18.2 Å². The summed E-state index contributed by atoms with van der Waals surface area (Å²) in [5.41, 5.74) is 0.300. The topological polar surface area (TPSA) is 98.5 Å². The molecular formula is C10H13ClN2O4S. The summed E-state index contributed by atoms with van der Waals surface area (Å²) in [6.45, 7) is 2.09. The van der Waals surface area contributed by atoms with Gasteiger partial charge in [0.2, 0.25) is 15.9 Å². The highest BCUT2D eigenvalue weighted by molar-refractivity contribution is 7.89. The highest BCUT2D eigenvalue weighted by atomic mass is 35.5. The normalized spacial score (nSPS) is 11.3. The van der Waals surface area contributed by atoms with E-state index in [0.717, 1.165) is 0 Å². The lowest BCUT2D eigenvalue weighted by molar-refractivity contribution is -0.120. The molecule has 0 aliphatic heterocycles. The molecule has 100 valence electrons. The van der Waals surface area contributed by atoms with Crippen molar-refractivity contribution < 1.29 is 17.9 Å². The van der Waals surface area contributed by atoms with Crippen LogP contribution in [0.1, 0.15) is 6.92 Å². The Morgan fingerprint density at radius 1 is 1.50 bits per heavy atom. The molecular weight excluding hydrogens is 280 g/mol. The molecule has 0 fully saturated rings. The van der Waals surface area contributed by atoms with Gasteiger partial charge in [0, 0.05) is 6.61 Å². The molecule has 0 saturated heterocycles. The van der Waals surface area contributed by atoms with Gasteiger partial charge in [0.15, 0.2) is 0 Å². The third kappa shape index (κ3) is 4.26. The van der Waals surface area contributed by atoms with E-state index >= 15 is 0 Å². The summed E-state index contributed by atoms with van der Waals surface area (Å²) in [7, 11) is -3.81. The van der Waals surface area contributed by atoms with E-state index in [-0.39, 0.29) is 22.4 Å². The third-order valence-corrected chi connectivity index (χ3v) is 3.20. The lowest BCUT2D eigenvalue weighted by atomic mass is 10.3. The summed E-state index contributed by atoms with van der Waals surface area (Å²) in [5.74, 6) is -0.373. The summed E-state index contributed by atoms with van der Waals surface area (Å²) in [5, 5.41) is 7.53. The van der Waals surface area contributed by atoms with Crippen molar-refractivity contribution in [3.63, 3.8) is 0 Å². The number of primary sulfonamides is 1. The number of amides is 1. The number of carbonyl (C=O) groups is 1. The molecule has 0 unspecified atom stereocenters. The average molecular weight is 293 g/mol. The summed E-state index contributed by atoms with van der Waals surface area (Å²) in [6, 6.07) is 3.80. The van der Waals surface area contributed by atoms with Crippen LogP contribution >= 0.6 is 11.6 Å². The summed E-state index contributed by atoms with van der Waals surface area (Å²) in [6.07, 6.45) is 0. The van der Waals surface area contributed by atoms with Crippen LogP contribution in [0.4, 0.5) is 5.69 Å². The molecule has 8 heteroatoms. The monoisotopic (exact) mass is 292 g/mol. The highest BCUT2D eigenvalue weighted by Crippen LogP contribution is 2.24.